The number of carbonyl (C=O) groups is 1. The van der Waals surface area contributed by atoms with Crippen LogP contribution in [0.1, 0.15) is 17.9 Å². The van der Waals surface area contributed by atoms with Gasteiger partial charge >= 0.3 is 12.6 Å². The Kier molecular flexibility index (Phi) is 3.75. The summed E-state index contributed by atoms with van der Waals surface area (Å²) in [7, 11) is 0. The van der Waals surface area contributed by atoms with Gasteiger partial charge in [-0.05, 0) is 29.5 Å². The Labute approximate surface area is 125 Å². The highest BCUT2D eigenvalue weighted by Crippen LogP contribution is 2.50. The van der Waals surface area contributed by atoms with Gasteiger partial charge in [0.15, 0.2) is 0 Å². The molecule has 1 aliphatic carbocycles. The highest BCUT2D eigenvalue weighted by Gasteiger charge is 2.45. The summed E-state index contributed by atoms with van der Waals surface area (Å²) in [5.74, 6) is -1.26. The molecule has 1 aliphatic rings. The number of benzene rings is 1. The van der Waals surface area contributed by atoms with Crippen molar-refractivity contribution in [2.75, 3.05) is 0 Å². The maximum Gasteiger partial charge on any atom is 0.387 e. The average Bonchev–Trinajstić information content (AvgIpc) is 3.27. The van der Waals surface area contributed by atoms with E-state index < -0.39 is 12.6 Å². The van der Waals surface area contributed by atoms with Gasteiger partial charge < -0.3 is 9.84 Å². The Morgan fingerprint density at radius 1 is 1.32 bits per heavy atom. The normalized spacial score (nSPS) is 20.0. The topological polar surface area (TPSA) is 59.4 Å². The second-order valence-electron chi connectivity index (χ2n) is 5.16. The summed E-state index contributed by atoms with van der Waals surface area (Å²) in [5, 5.41) is 9.07. The molecular weight excluding hydrogens is 292 g/mol. The van der Waals surface area contributed by atoms with E-state index in [1.165, 1.54) is 12.3 Å². The summed E-state index contributed by atoms with van der Waals surface area (Å²) in [6, 6.07) is 8.83. The fourth-order valence-corrected chi connectivity index (χ4v) is 2.63. The van der Waals surface area contributed by atoms with Crippen molar-refractivity contribution in [3.63, 3.8) is 0 Å². The van der Waals surface area contributed by atoms with Gasteiger partial charge in [0.05, 0.1) is 12.1 Å². The predicted octanol–water partition coefficient (Wildman–Crippen LogP) is 3.54. The minimum Gasteiger partial charge on any atom is -0.481 e. The van der Waals surface area contributed by atoms with Crippen LogP contribution in [-0.2, 0) is 4.79 Å². The molecule has 1 aromatic heterocycles. The van der Waals surface area contributed by atoms with Crippen molar-refractivity contribution in [3.8, 4) is 16.9 Å². The van der Waals surface area contributed by atoms with Crippen LogP contribution in [0.25, 0.3) is 11.1 Å². The SMILES string of the molecule is O=C(O)[C@@H]1C[C@H]1c1ccccc1-c1cncc(OC(F)F)c1. The molecule has 0 spiro atoms. The van der Waals surface area contributed by atoms with Crippen LogP contribution in [0, 0.1) is 5.92 Å². The third-order valence-corrected chi connectivity index (χ3v) is 3.72. The number of alkyl halides is 2. The first kappa shape index (κ1) is 14.4. The number of pyridine rings is 1. The Balaban J connectivity index is 1.94. The number of halogens is 2. The van der Waals surface area contributed by atoms with E-state index in [0.29, 0.717) is 12.0 Å². The monoisotopic (exact) mass is 305 g/mol. The summed E-state index contributed by atoms with van der Waals surface area (Å²) in [4.78, 5) is 15.0. The number of hydrogen-bond acceptors (Lipinski definition) is 3. The average molecular weight is 305 g/mol. The highest BCUT2D eigenvalue weighted by atomic mass is 19.3. The van der Waals surface area contributed by atoms with Crippen molar-refractivity contribution in [3.05, 3.63) is 48.3 Å². The Morgan fingerprint density at radius 3 is 2.77 bits per heavy atom. The van der Waals surface area contributed by atoms with Crippen LogP contribution in [-0.4, -0.2) is 22.7 Å². The first-order chi connectivity index (χ1) is 10.6. The van der Waals surface area contributed by atoms with E-state index in [0.717, 1.165) is 11.1 Å². The number of aliphatic carboxylic acids is 1. The summed E-state index contributed by atoms with van der Waals surface area (Å²) in [6.45, 7) is -2.91. The molecule has 22 heavy (non-hydrogen) atoms. The fraction of sp³-hybridized carbons (Fsp3) is 0.250. The lowest BCUT2D eigenvalue weighted by atomic mass is 9.97. The molecule has 0 unspecified atom stereocenters. The number of ether oxygens (including phenoxy) is 1. The standard InChI is InChI=1S/C16H13F2NO3/c17-16(18)22-10-5-9(7-19-8-10)11-3-1-2-4-12(11)13-6-14(13)15(20)21/h1-5,7-8,13-14,16H,6H2,(H,20,21)/t13-,14+/m0/s1. The maximum atomic E-state index is 12.3. The van der Waals surface area contributed by atoms with Crippen LogP contribution < -0.4 is 4.74 Å². The van der Waals surface area contributed by atoms with Crippen LogP contribution in [0.5, 0.6) is 5.75 Å². The van der Waals surface area contributed by atoms with E-state index >= 15 is 0 Å². The van der Waals surface area contributed by atoms with Crippen molar-refractivity contribution >= 4 is 5.97 Å². The number of nitrogens with zero attached hydrogens (tertiary/aromatic N) is 1. The fourth-order valence-electron chi connectivity index (χ4n) is 2.63. The van der Waals surface area contributed by atoms with E-state index in [-0.39, 0.29) is 17.6 Å². The Bertz CT molecular complexity index is 705. The number of hydrogen-bond donors (Lipinski definition) is 1. The number of rotatable bonds is 5. The second kappa shape index (κ2) is 5.71. The summed E-state index contributed by atoms with van der Waals surface area (Å²) in [5.41, 5.74) is 2.32. The van der Waals surface area contributed by atoms with E-state index in [2.05, 4.69) is 9.72 Å². The van der Waals surface area contributed by atoms with E-state index in [9.17, 15) is 13.6 Å². The molecule has 0 saturated heterocycles. The first-order valence-electron chi connectivity index (χ1n) is 6.78. The number of aromatic nitrogens is 1. The molecule has 0 aliphatic heterocycles. The summed E-state index contributed by atoms with van der Waals surface area (Å²) < 4.78 is 29.0. The summed E-state index contributed by atoms with van der Waals surface area (Å²) in [6.07, 6.45) is 3.36. The third kappa shape index (κ3) is 2.90. The molecule has 3 rings (SSSR count). The van der Waals surface area contributed by atoms with E-state index in [1.54, 1.807) is 6.20 Å². The van der Waals surface area contributed by atoms with Crippen LogP contribution >= 0.6 is 0 Å². The van der Waals surface area contributed by atoms with Crippen molar-refractivity contribution in [1.82, 2.24) is 4.98 Å². The zero-order chi connectivity index (χ0) is 15.7. The Morgan fingerprint density at radius 2 is 2.09 bits per heavy atom. The quantitative estimate of drug-likeness (QED) is 0.918. The van der Waals surface area contributed by atoms with Crippen molar-refractivity contribution in [1.29, 1.82) is 0 Å². The van der Waals surface area contributed by atoms with Gasteiger partial charge in [-0.1, -0.05) is 24.3 Å². The van der Waals surface area contributed by atoms with Gasteiger partial charge in [0.25, 0.3) is 0 Å². The van der Waals surface area contributed by atoms with Gasteiger partial charge in [-0.2, -0.15) is 8.78 Å². The molecule has 1 saturated carbocycles. The van der Waals surface area contributed by atoms with Gasteiger partial charge in [-0.25, -0.2) is 0 Å². The first-order valence-corrected chi connectivity index (χ1v) is 6.78. The zero-order valence-corrected chi connectivity index (χ0v) is 11.4. The largest absolute Gasteiger partial charge is 0.481 e. The van der Waals surface area contributed by atoms with Gasteiger partial charge in [-0.3, -0.25) is 9.78 Å². The molecule has 6 heteroatoms. The van der Waals surface area contributed by atoms with Crippen molar-refractivity contribution < 1.29 is 23.4 Å². The van der Waals surface area contributed by atoms with Gasteiger partial charge in [0.2, 0.25) is 0 Å². The lowest BCUT2D eigenvalue weighted by Gasteiger charge is -2.10. The van der Waals surface area contributed by atoms with Crippen LogP contribution in [0.3, 0.4) is 0 Å². The highest BCUT2D eigenvalue weighted by molar-refractivity contribution is 5.78. The number of carboxylic acids is 1. The molecular formula is C16H13F2NO3. The molecule has 0 amide bonds. The second-order valence-corrected chi connectivity index (χ2v) is 5.16. The Hall–Kier alpha value is -2.50. The maximum absolute atomic E-state index is 12.3. The minimum absolute atomic E-state index is 0.0205. The molecule has 114 valence electrons. The minimum atomic E-state index is -2.91. The zero-order valence-electron chi connectivity index (χ0n) is 11.4. The smallest absolute Gasteiger partial charge is 0.387 e. The molecule has 1 N–H and O–H groups in total. The molecule has 0 bridgehead atoms. The van der Waals surface area contributed by atoms with Crippen LogP contribution in [0.2, 0.25) is 0 Å². The van der Waals surface area contributed by atoms with Gasteiger partial charge in [-0.15, -0.1) is 0 Å². The van der Waals surface area contributed by atoms with Crippen LogP contribution in [0.15, 0.2) is 42.7 Å². The van der Waals surface area contributed by atoms with Crippen molar-refractivity contribution in [2.24, 2.45) is 5.92 Å². The molecule has 1 fully saturated rings. The van der Waals surface area contributed by atoms with Gasteiger partial charge in [0.1, 0.15) is 5.75 Å². The molecule has 1 aromatic carbocycles. The molecule has 4 nitrogen and oxygen atoms in total. The van der Waals surface area contributed by atoms with E-state index in [4.69, 9.17) is 5.11 Å². The lowest BCUT2D eigenvalue weighted by molar-refractivity contribution is -0.138. The van der Waals surface area contributed by atoms with Gasteiger partial charge in [0, 0.05) is 11.8 Å². The number of carboxylic acid groups (broad SMARTS) is 1. The predicted molar refractivity (Wildman–Crippen MR) is 74.8 cm³/mol. The third-order valence-electron chi connectivity index (χ3n) is 3.72. The molecule has 1 heterocycles. The molecule has 0 radical (unpaired) electrons. The van der Waals surface area contributed by atoms with Crippen LogP contribution in [0.4, 0.5) is 8.78 Å². The van der Waals surface area contributed by atoms with E-state index in [1.807, 2.05) is 24.3 Å². The lowest BCUT2D eigenvalue weighted by Crippen LogP contribution is -2.02. The summed E-state index contributed by atoms with van der Waals surface area (Å²) >= 11 is 0. The molecule has 2 atom stereocenters. The van der Waals surface area contributed by atoms with Crippen molar-refractivity contribution in [2.45, 2.75) is 19.0 Å². The molecule has 2 aromatic rings.